The lowest BCUT2D eigenvalue weighted by Crippen LogP contribution is -2.24. The number of rotatable bonds is 3. The third kappa shape index (κ3) is 2.56. The minimum absolute atomic E-state index is 0.144. The van der Waals surface area contributed by atoms with Crippen LogP contribution in [0.15, 0.2) is 36.0 Å². The molecular weight excluding hydrogens is 166 g/mol. The van der Waals surface area contributed by atoms with Crippen molar-refractivity contribution < 1.29 is 9.90 Å². The zero-order valence-corrected chi connectivity index (χ0v) is 7.31. The maximum Gasteiger partial charge on any atom is 0.312 e. The van der Waals surface area contributed by atoms with Gasteiger partial charge in [-0.2, -0.15) is 0 Å². The van der Waals surface area contributed by atoms with Gasteiger partial charge in [-0.3, -0.25) is 4.79 Å². The monoisotopic (exact) mass is 179 g/mol. The van der Waals surface area contributed by atoms with Crippen LogP contribution in [0.2, 0.25) is 0 Å². The SMILES string of the molecule is NCC(C(=O)O)C1=CCC=CC=C1. The highest BCUT2D eigenvalue weighted by Crippen LogP contribution is 2.15. The van der Waals surface area contributed by atoms with Crippen LogP contribution in [0.5, 0.6) is 0 Å². The Morgan fingerprint density at radius 1 is 1.62 bits per heavy atom. The van der Waals surface area contributed by atoms with Crippen LogP contribution in [0.3, 0.4) is 0 Å². The second-order valence-corrected chi connectivity index (χ2v) is 2.85. The van der Waals surface area contributed by atoms with Gasteiger partial charge in [-0.1, -0.05) is 30.4 Å². The van der Waals surface area contributed by atoms with Crippen LogP contribution in [-0.2, 0) is 4.79 Å². The molecule has 0 saturated carbocycles. The van der Waals surface area contributed by atoms with Crippen molar-refractivity contribution in [1.29, 1.82) is 0 Å². The average Bonchev–Trinajstić information content (AvgIpc) is 2.33. The van der Waals surface area contributed by atoms with Crippen molar-refractivity contribution in [2.24, 2.45) is 11.7 Å². The topological polar surface area (TPSA) is 63.3 Å². The van der Waals surface area contributed by atoms with Crippen molar-refractivity contribution in [3.8, 4) is 0 Å². The number of hydrogen-bond acceptors (Lipinski definition) is 2. The molecule has 0 aromatic carbocycles. The first-order valence-corrected chi connectivity index (χ1v) is 4.22. The third-order valence-corrected chi connectivity index (χ3v) is 1.96. The van der Waals surface area contributed by atoms with Gasteiger partial charge < -0.3 is 10.8 Å². The van der Waals surface area contributed by atoms with Gasteiger partial charge in [-0.15, -0.1) is 0 Å². The zero-order chi connectivity index (χ0) is 9.68. The van der Waals surface area contributed by atoms with E-state index < -0.39 is 11.9 Å². The standard InChI is InChI=1S/C10H13NO2/c11-7-9(10(12)13)8-5-3-1-2-4-6-8/h1-3,5-6,9H,4,7,11H2,(H,12,13). The lowest BCUT2D eigenvalue weighted by Gasteiger charge is -2.09. The summed E-state index contributed by atoms with van der Waals surface area (Å²) in [6, 6.07) is 0. The highest BCUT2D eigenvalue weighted by Gasteiger charge is 2.18. The summed E-state index contributed by atoms with van der Waals surface area (Å²) in [6.07, 6.45) is 10.2. The molecule has 0 aromatic rings. The Hall–Kier alpha value is -1.35. The fourth-order valence-corrected chi connectivity index (χ4v) is 1.23. The molecule has 0 radical (unpaired) electrons. The van der Waals surface area contributed by atoms with Crippen molar-refractivity contribution in [3.05, 3.63) is 36.0 Å². The number of aliphatic carboxylic acids is 1. The molecule has 0 aromatic heterocycles. The van der Waals surface area contributed by atoms with Crippen molar-refractivity contribution in [2.45, 2.75) is 6.42 Å². The number of allylic oxidation sites excluding steroid dienone is 5. The first kappa shape index (κ1) is 9.74. The maximum absolute atomic E-state index is 10.8. The van der Waals surface area contributed by atoms with Crippen LogP contribution in [0.4, 0.5) is 0 Å². The van der Waals surface area contributed by atoms with Crippen LogP contribution < -0.4 is 5.73 Å². The molecule has 0 aliphatic heterocycles. The van der Waals surface area contributed by atoms with E-state index in [1.54, 1.807) is 6.08 Å². The van der Waals surface area contributed by atoms with Crippen LogP contribution in [0, 0.1) is 5.92 Å². The molecule has 1 unspecified atom stereocenters. The largest absolute Gasteiger partial charge is 0.481 e. The minimum atomic E-state index is -0.861. The summed E-state index contributed by atoms with van der Waals surface area (Å²) in [6.45, 7) is 0.144. The summed E-state index contributed by atoms with van der Waals surface area (Å²) in [4.78, 5) is 10.8. The van der Waals surface area contributed by atoms with E-state index in [0.29, 0.717) is 0 Å². The molecule has 0 fully saturated rings. The molecule has 1 rings (SSSR count). The molecule has 70 valence electrons. The number of nitrogens with two attached hydrogens (primary N) is 1. The maximum atomic E-state index is 10.8. The van der Waals surface area contributed by atoms with Crippen LogP contribution in [0.25, 0.3) is 0 Å². The van der Waals surface area contributed by atoms with E-state index in [4.69, 9.17) is 10.8 Å². The van der Waals surface area contributed by atoms with Gasteiger partial charge in [0.25, 0.3) is 0 Å². The summed E-state index contributed by atoms with van der Waals surface area (Å²) in [5.74, 6) is -1.43. The Balaban J connectivity index is 2.79. The predicted molar refractivity (Wildman–Crippen MR) is 51.2 cm³/mol. The molecule has 13 heavy (non-hydrogen) atoms. The van der Waals surface area contributed by atoms with Crippen molar-refractivity contribution in [2.75, 3.05) is 6.54 Å². The smallest absolute Gasteiger partial charge is 0.312 e. The Morgan fingerprint density at radius 3 is 3.00 bits per heavy atom. The van der Waals surface area contributed by atoms with E-state index in [0.717, 1.165) is 12.0 Å². The van der Waals surface area contributed by atoms with Gasteiger partial charge >= 0.3 is 5.97 Å². The number of carbonyl (C=O) groups is 1. The molecule has 1 aliphatic carbocycles. The normalized spacial score (nSPS) is 17.8. The minimum Gasteiger partial charge on any atom is -0.481 e. The highest BCUT2D eigenvalue weighted by atomic mass is 16.4. The van der Waals surface area contributed by atoms with Crippen molar-refractivity contribution in [3.63, 3.8) is 0 Å². The second kappa shape index (κ2) is 4.62. The predicted octanol–water partition coefficient (Wildman–Crippen LogP) is 1.09. The Morgan fingerprint density at radius 2 is 2.38 bits per heavy atom. The first-order chi connectivity index (χ1) is 6.25. The van der Waals surface area contributed by atoms with Gasteiger partial charge in [-0.25, -0.2) is 0 Å². The Labute approximate surface area is 77.2 Å². The molecule has 1 atom stereocenters. The van der Waals surface area contributed by atoms with E-state index in [9.17, 15) is 4.79 Å². The summed E-state index contributed by atoms with van der Waals surface area (Å²) < 4.78 is 0. The van der Waals surface area contributed by atoms with Crippen molar-refractivity contribution >= 4 is 5.97 Å². The molecule has 0 amide bonds. The molecule has 0 saturated heterocycles. The fourth-order valence-electron chi connectivity index (χ4n) is 1.23. The van der Waals surface area contributed by atoms with E-state index in [1.165, 1.54) is 0 Å². The Kier molecular flexibility index (Phi) is 3.46. The summed E-state index contributed by atoms with van der Waals surface area (Å²) in [5.41, 5.74) is 6.17. The van der Waals surface area contributed by atoms with Crippen molar-refractivity contribution in [1.82, 2.24) is 0 Å². The van der Waals surface area contributed by atoms with Gasteiger partial charge in [0.1, 0.15) is 0 Å². The van der Waals surface area contributed by atoms with Crippen LogP contribution in [0.1, 0.15) is 6.42 Å². The Bertz CT molecular complexity index is 277. The van der Waals surface area contributed by atoms with Gasteiger partial charge in [0.05, 0.1) is 5.92 Å². The number of hydrogen-bond donors (Lipinski definition) is 2. The van der Waals surface area contributed by atoms with Crippen LogP contribution >= 0.6 is 0 Å². The highest BCUT2D eigenvalue weighted by molar-refractivity contribution is 5.75. The van der Waals surface area contributed by atoms with Gasteiger partial charge in [0.15, 0.2) is 0 Å². The average molecular weight is 179 g/mol. The van der Waals surface area contributed by atoms with E-state index in [2.05, 4.69) is 0 Å². The number of carboxylic acids is 1. The molecule has 0 bridgehead atoms. The lowest BCUT2D eigenvalue weighted by molar-refractivity contribution is -0.139. The summed E-state index contributed by atoms with van der Waals surface area (Å²) in [7, 11) is 0. The molecule has 0 heterocycles. The fraction of sp³-hybridized carbons (Fsp3) is 0.300. The lowest BCUT2D eigenvalue weighted by atomic mass is 9.98. The molecule has 3 heteroatoms. The van der Waals surface area contributed by atoms with E-state index in [-0.39, 0.29) is 6.54 Å². The number of carboxylic acid groups (broad SMARTS) is 1. The molecule has 3 nitrogen and oxygen atoms in total. The van der Waals surface area contributed by atoms with Gasteiger partial charge in [0.2, 0.25) is 0 Å². The summed E-state index contributed by atoms with van der Waals surface area (Å²) >= 11 is 0. The van der Waals surface area contributed by atoms with Gasteiger partial charge in [-0.05, 0) is 12.0 Å². The first-order valence-electron chi connectivity index (χ1n) is 4.22. The second-order valence-electron chi connectivity index (χ2n) is 2.85. The van der Waals surface area contributed by atoms with Gasteiger partial charge in [0, 0.05) is 6.54 Å². The molecular formula is C10H13NO2. The summed E-state index contributed by atoms with van der Waals surface area (Å²) in [5, 5.41) is 8.84. The molecule has 0 spiro atoms. The molecule has 1 aliphatic rings. The zero-order valence-electron chi connectivity index (χ0n) is 7.31. The quantitative estimate of drug-likeness (QED) is 0.681. The van der Waals surface area contributed by atoms with Crippen LogP contribution in [-0.4, -0.2) is 17.6 Å². The third-order valence-electron chi connectivity index (χ3n) is 1.96. The van der Waals surface area contributed by atoms with E-state index in [1.807, 2.05) is 24.3 Å². The molecule has 3 N–H and O–H groups in total. The van der Waals surface area contributed by atoms with E-state index >= 15 is 0 Å².